The molecule has 1 saturated carbocycles. The van der Waals surface area contributed by atoms with Crippen LogP contribution in [0.5, 0.6) is 0 Å². The molecule has 1 aliphatic carbocycles. The van der Waals surface area contributed by atoms with Crippen LogP contribution in [0.15, 0.2) is 42.5 Å². The fraction of sp³-hybridized carbons (Fsp3) is 0.412. The molecule has 2 nitrogen and oxygen atoms in total. The summed E-state index contributed by atoms with van der Waals surface area (Å²) < 4.78 is 0. The van der Waals surface area contributed by atoms with Crippen molar-refractivity contribution in [3.05, 3.63) is 48.0 Å². The first-order valence-electron chi connectivity index (χ1n) is 7.11. The smallest absolute Gasteiger partial charge is 0.0436 e. The molecular weight excluding hydrogens is 234 g/mol. The molecule has 1 fully saturated rings. The average molecular weight is 255 g/mol. The lowest BCUT2D eigenvalue weighted by Crippen LogP contribution is -2.24. The van der Waals surface area contributed by atoms with Crippen molar-refractivity contribution in [1.82, 2.24) is 5.32 Å². The number of aliphatic hydroxyl groups is 1. The van der Waals surface area contributed by atoms with Crippen LogP contribution in [0.2, 0.25) is 0 Å². The highest BCUT2D eigenvalue weighted by molar-refractivity contribution is 5.82. The first-order chi connectivity index (χ1) is 9.31. The second-order valence-electron chi connectivity index (χ2n) is 5.76. The first kappa shape index (κ1) is 12.6. The Labute approximate surface area is 114 Å². The third-order valence-corrected chi connectivity index (χ3v) is 4.24. The van der Waals surface area contributed by atoms with Crippen molar-refractivity contribution in [1.29, 1.82) is 0 Å². The van der Waals surface area contributed by atoms with Gasteiger partial charge in [0.1, 0.15) is 0 Å². The highest BCUT2D eigenvalue weighted by Crippen LogP contribution is 2.47. The Morgan fingerprint density at radius 3 is 2.58 bits per heavy atom. The molecule has 0 saturated heterocycles. The van der Waals surface area contributed by atoms with Gasteiger partial charge in [0.25, 0.3) is 0 Å². The van der Waals surface area contributed by atoms with E-state index in [0.717, 1.165) is 19.5 Å². The molecular formula is C17H21NO. The van der Waals surface area contributed by atoms with Crippen molar-refractivity contribution >= 4 is 10.8 Å². The highest BCUT2D eigenvalue weighted by atomic mass is 16.3. The third kappa shape index (κ3) is 2.96. The number of aliphatic hydroxyl groups excluding tert-OH is 1. The van der Waals surface area contributed by atoms with Gasteiger partial charge < -0.3 is 10.4 Å². The molecule has 3 rings (SSSR count). The van der Waals surface area contributed by atoms with Crippen molar-refractivity contribution in [3.63, 3.8) is 0 Å². The summed E-state index contributed by atoms with van der Waals surface area (Å²) in [6.07, 6.45) is 3.47. The first-order valence-corrected chi connectivity index (χ1v) is 7.11. The van der Waals surface area contributed by atoms with E-state index >= 15 is 0 Å². The Hall–Kier alpha value is -1.38. The molecule has 0 amide bonds. The summed E-state index contributed by atoms with van der Waals surface area (Å²) >= 11 is 0. The fourth-order valence-corrected chi connectivity index (χ4v) is 2.75. The van der Waals surface area contributed by atoms with Crippen LogP contribution >= 0.6 is 0 Å². The van der Waals surface area contributed by atoms with Gasteiger partial charge >= 0.3 is 0 Å². The van der Waals surface area contributed by atoms with E-state index in [0.29, 0.717) is 12.0 Å². The van der Waals surface area contributed by atoms with Gasteiger partial charge in [-0.2, -0.15) is 0 Å². The van der Waals surface area contributed by atoms with E-state index in [9.17, 15) is 0 Å². The third-order valence-electron chi connectivity index (χ3n) is 4.24. The topological polar surface area (TPSA) is 32.3 Å². The van der Waals surface area contributed by atoms with Gasteiger partial charge in [-0.05, 0) is 47.1 Å². The second kappa shape index (κ2) is 5.32. The minimum Gasteiger partial charge on any atom is -0.396 e. The van der Waals surface area contributed by atoms with Crippen LogP contribution in [0.3, 0.4) is 0 Å². The van der Waals surface area contributed by atoms with Crippen LogP contribution in [-0.4, -0.2) is 18.3 Å². The summed E-state index contributed by atoms with van der Waals surface area (Å²) in [5, 5.41) is 15.2. The zero-order valence-electron chi connectivity index (χ0n) is 11.2. The molecule has 0 aliphatic heterocycles. The van der Waals surface area contributed by atoms with Crippen LogP contribution in [0, 0.1) is 5.41 Å². The molecule has 0 radical (unpaired) electrons. The van der Waals surface area contributed by atoms with E-state index in [1.165, 1.54) is 29.2 Å². The predicted octanol–water partition coefficient (Wildman–Crippen LogP) is 3.09. The summed E-state index contributed by atoms with van der Waals surface area (Å²) in [4.78, 5) is 0. The Bertz CT molecular complexity index is 560. The molecule has 2 aromatic carbocycles. The SMILES string of the molecule is OCCC1(CNCc2ccc3ccccc3c2)CC1. The standard InChI is InChI=1S/C17H21NO/c19-10-9-17(7-8-17)13-18-12-14-5-6-15-3-1-2-4-16(15)11-14/h1-6,11,18-19H,7-10,12-13H2. The van der Waals surface area contributed by atoms with Crippen LogP contribution in [0.4, 0.5) is 0 Å². The Balaban J connectivity index is 1.59. The average Bonchev–Trinajstić information content (AvgIpc) is 3.19. The zero-order valence-corrected chi connectivity index (χ0v) is 11.2. The number of fused-ring (bicyclic) bond motifs is 1. The van der Waals surface area contributed by atoms with Crippen molar-refractivity contribution in [2.24, 2.45) is 5.41 Å². The van der Waals surface area contributed by atoms with E-state index in [1.54, 1.807) is 0 Å². The quantitative estimate of drug-likeness (QED) is 0.831. The molecule has 100 valence electrons. The summed E-state index contributed by atoms with van der Waals surface area (Å²) in [7, 11) is 0. The molecule has 2 heteroatoms. The second-order valence-corrected chi connectivity index (χ2v) is 5.76. The van der Waals surface area contributed by atoms with E-state index in [4.69, 9.17) is 5.11 Å². The van der Waals surface area contributed by atoms with Gasteiger partial charge in [-0.15, -0.1) is 0 Å². The molecule has 2 aromatic rings. The molecule has 0 atom stereocenters. The Kier molecular flexibility index (Phi) is 3.54. The van der Waals surface area contributed by atoms with Crippen molar-refractivity contribution in [2.45, 2.75) is 25.8 Å². The maximum absolute atomic E-state index is 9.05. The van der Waals surface area contributed by atoms with Crippen molar-refractivity contribution < 1.29 is 5.11 Å². The molecule has 19 heavy (non-hydrogen) atoms. The monoisotopic (exact) mass is 255 g/mol. The van der Waals surface area contributed by atoms with Crippen LogP contribution in [0.1, 0.15) is 24.8 Å². The van der Waals surface area contributed by atoms with Crippen LogP contribution in [-0.2, 0) is 6.54 Å². The lowest BCUT2D eigenvalue weighted by molar-refractivity contribution is 0.245. The lowest BCUT2D eigenvalue weighted by atomic mass is 10.0. The number of nitrogens with one attached hydrogen (secondary N) is 1. The van der Waals surface area contributed by atoms with Crippen LogP contribution in [0.25, 0.3) is 10.8 Å². The molecule has 0 heterocycles. The van der Waals surface area contributed by atoms with Gasteiger partial charge in [0.15, 0.2) is 0 Å². The molecule has 0 unspecified atom stereocenters. The van der Waals surface area contributed by atoms with Gasteiger partial charge in [0.05, 0.1) is 0 Å². The van der Waals surface area contributed by atoms with E-state index in [-0.39, 0.29) is 0 Å². The lowest BCUT2D eigenvalue weighted by Gasteiger charge is -2.14. The summed E-state index contributed by atoms with van der Waals surface area (Å²) in [5.74, 6) is 0. The van der Waals surface area contributed by atoms with Gasteiger partial charge in [0.2, 0.25) is 0 Å². The van der Waals surface area contributed by atoms with Crippen molar-refractivity contribution in [3.8, 4) is 0 Å². The molecule has 0 aromatic heterocycles. The molecule has 2 N–H and O–H groups in total. The maximum Gasteiger partial charge on any atom is 0.0436 e. The largest absolute Gasteiger partial charge is 0.396 e. The minimum absolute atomic E-state index is 0.317. The van der Waals surface area contributed by atoms with Crippen molar-refractivity contribution in [2.75, 3.05) is 13.2 Å². The summed E-state index contributed by atoms with van der Waals surface area (Å²) in [5.41, 5.74) is 1.73. The Morgan fingerprint density at radius 2 is 1.84 bits per heavy atom. The molecule has 1 aliphatic rings. The maximum atomic E-state index is 9.05. The minimum atomic E-state index is 0.317. The predicted molar refractivity (Wildman–Crippen MR) is 79.0 cm³/mol. The normalized spacial score (nSPS) is 16.7. The molecule has 0 bridgehead atoms. The van der Waals surface area contributed by atoms with E-state index in [1.807, 2.05) is 0 Å². The van der Waals surface area contributed by atoms with Gasteiger partial charge in [0, 0.05) is 19.7 Å². The molecule has 0 spiro atoms. The number of rotatable bonds is 6. The zero-order chi connectivity index (χ0) is 13.1. The summed E-state index contributed by atoms with van der Waals surface area (Å²) in [6.45, 7) is 2.26. The summed E-state index contributed by atoms with van der Waals surface area (Å²) in [6, 6.07) is 15.1. The van der Waals surface area contributed by atoms with E-state index in [2.05, 4.69) is 47.8 Å². The van der Waals surface area contributed by atoms with Gasteiger partial charge in [-0.3, -0.25) is 0 Å². The van der Waals surface area contributed by atoms with Crippen LogP contribution < -0.4 is 5.32 Å². The number of hydrogen-bond donors (Lipinski definition) is 2. The van der Waals surface area contributed by atoms with Gasteiger partial charge in [-0.25, -0.2) is 0 Å². The Morgan fingerprint density at radius 1 is 1.05 bits per heavy atom. The fourth-order valence-electron chi connectivity index (χ4n) is 2.75. The van der Waals surface area contributed by atoms with Gasteiger partial charge in [-0.1, -0.05) is 36.4 Å². The number of hydrogen-bond acceptors (Lipinski definition) is 2. The van der Waals surface area contributed by atoms with E-state index < -0.39 is 0 Å². The number of benzene rings is 2. The highest BCUT2D eigenvalue weighted by Gasteiger charge is 2.41.